The molecular weight excluding hydrogens is 441 g/mol. The molecule has 1 saturated carbocycles. The molecule has 1 saturated heterocycles. The van der Waals surface area contributed by atoms with Crippen LogP contribution in [-0.2, 0) is 4.79 Å². The lowest BCUT2D eigenvalue weighted by atomic mass is 9.85. The largest absolute Gasteiger partial charge is 0.397 e. The smallest absolute Gasteiger partial charge is 0.342 e. The van der Waals surface area contributed by atoms with Crippen molar-refractivity contribution in [2.45, 2.75) is 70.1 Å². The van der Waals surface area contributed by atoms with Crippen molar-refractivity contribution in [3.05, 3.63) is 10.5 Å². The van der Waals surface area contributed by atoms with E-state index in [1.165, 1.54) is 22.4 Å². The number of carbonyl (C=O) groups is 2. The molecule has 2 aliphatic rings. The van der Waals surface area contributed by atoms with Gasteiger partial charge in [0.1, 0.15) is 10.8 Å². The molecule has 2 fully saturated rings. The normalized spacial score (nSPS) is 23.3. The zero-order valence-corrected chi connectivity index (χ0v) is 18.3. The summed E-state index contributed by atoms with van der Waals surface area (Å²) in [5.41, 5.74) is 0. The Kier molecular flexibility index (Phi) is 7.49. The molecule has 0 aromatic carbocycles. The summed E-state index contributed by atoms with van der Waals surface area (Å²) in [4.78, 5) is 32.2. The summed E-state index contributed by atoms with van der Waals surface area (Å²) >= 11 is 7.07. The van der Waals surface area contributed by atoms with Crippen molar-refractivity contribution in [3.8, 4) is 0 Å². The van der Waals surface area contributed by atoms with Gasteiger partial charge in [0.2, 0.25) is 5.91 Å². The molecule has 0 bridgehead atoms. The number of urea groups is 1. The number of nitrogens with one attached hydrogen (secondary N) is 1. The number of halogens is 4. The van der Waals surface area contributed by atoms with Crippen LogP contribution in [0.3, 0.4) is 0 Å². The topological polar surface area (TPSA) is 65.5 Å². The first kappa shape index (κ1) is 23.1. The second-order valence-corrected chi connectivity index (χ2v) is 9.79. The van der Waals surface area contributed by atoms with E-state index in [1.807, 2.05) is 4.90 Å². The Morgan fingerprint density at radius 2 is 1.80 bits per heavy atom. The summed E-state index contributed by atoms with van der Waals surface area (Å²) in [6.07, 6.45) is 0.283. The highest BCUT2D eigenvalue weighted by atomic mass is 35.5. The van der Waals surface area contributed by atoms with Gasteiger partial charge in [-0.2, -0.15) is 13.2 Å². The van der Waals surface area contributed by atoms with Gasteiger partial charge in [0.05, 0.1) is 6.20 Å². The Balaban J connectivity index is 1.66. The minimum Gasteiger partial charge on any atom is -0.342 e. The third kappa shape index (κ3) is 6.23. The molecule has 3 amide bonds. The fourth-order valence-corrected chi connectivity index (χ4v) is 5.10. The summed E-state index contributed by atoms with van der Waals surface area (Å²) < 4.78 is 38.1. The average molecular weight is 467 g/mol. The van der Waals surface area contributed by atoms with E-state index in [2.05, 4.69) is 17.2 Å². The Bertz CT molecular complexity index is 744. The van der Waals surface area contributed by atoms with E-state index in [0.29, 0.717) is 28.2 Å². The molecule has 1 aromatic rings. The summed E-state index contributed by atoms with van der Waals surface area (Å²) in [5, 5.41) is 3.23. The summed E-state index contributed by atoms with van der Waals surface area (Å²) in [6, 6.07) is -0.325. The monoisotopic (exact) mass is 466 g/mol. The minimum absolute atomic E-state index is 0.0686. The summed E-state index contributed by atoms with van der Waals surface area (Å²) in [7, 11) is 0. The lowest BCUT2D eigenvalue weighted by molar-refractivity contribution is -0.162. The van der Waals surface area contributed by atoms with Gasteiger partial charge < -0.3 is 9.80 Å². The molecule has 1 aliphatic carbocycles. The zero-order chi connectivity index (χ0) is 21.9. The minimum atomic E-state index is -4.51. The molecule has 6 nitrogen and oxygen atoms in total. The van der Waals surface area contributed by atoms with E-state index in [0.717, 1.165) is 25.7 Å². The first-order valence-corrected chi connectivity index (χ1v) is 11.4. The van der Waals surface area contributed by atoms with Gasteiger partial charge in [-0.1, -0.05) is 29.9 Å². The van der Waals surface area contributed by atoms with E-state index in [4.69, 9.17) is 11.6 Å². The zero-order valence-electron chi connectivity index (χ0n) is 16.8. The van der Waals surface area contributed by atoms with Crippen LogP contribution in [0.1, 0.15) is 51.9 Å². The first-order valence-electron chi connectivity index (χ1n) is 10.2. The van der Waals surface area contributed by atoms with E-state index < -0.39 is 18.5 Å². The van der Waals surface area contributed by atoms with Crippen molar-refractivity contribution in [1.29, 1.82) is 0 Å². The fourth-order valence-electron chi connectivity index (χ4n) is 4.30. The van der Waals surface area contributed by atoms with Crippen LogP contribution in [0.4, 0.5) is 23.1 Å². The van der Waals surface area contributed by atoms with Crippen LogP contribution in [0, 0.1) is 5.92 Å². The van der Waals surface area contributed by atoms with E-state index in [9.17, 15) is 22.8 Å². The molecule has 0 atom stereocenters. The SMILES string of the molecule is C[C@H]1CC[C@H](N(C(=O)Nc2ncc(Cl)s2)C2CCN(C(=O)CC(F)(F)F)CC2)CC1. The fraction of sp³-hybridized carbons (Fsp3) is 0.737. The van der Waals surface area contributed by atoms with E-state index >= 15 is 0 Å². The molecule has 2 heterocycles. The number of alkyl halides is 3. The molecule has 0 spiro atoms. The van der Waals surface area contributed by atoms with Crippen LogP contribution in [0.15, 0.2) is 6.20 Å². The summed E-state index contributed by atoms with van der Waals surface area (Å²) in [6.45, 7) is 2.63. The maximum Gasteiger partial charge on any atom is 0.397 e. The third-order valence-electron chi connectivity index (χ3n) is 5.87. The molecular formula is C19H26ClF3N4O2S. The van der Waals surface area contributed by atoms with Gasteiger partial charge in [0.15, 0.2) is 5.13 Å². The molecule has 0 radical (unpaired) electrons. The second kappa shape index (κ2) is 9.72. The van der Waals surface area contributed by atoms with Gasteiger partial charge in [-0.3, -0.25) is 10.1 Å². The van der Waals surface area contributed by atoms with Gasteiger partial charge in [-0.25, -0.2) is 9.78 Å². The summed E-state index contributed by atoms with van der Waals surface area (Å²) in [5.74, 6) is -0.286. The van der Waals surface area contributed by atoms with Crippen molar-refractivity contribution >= 4 is 40.0 Å². The van der Waals surface area contributed by atoms with Gasteiger partial charge in [0, 0.05) is 25.2 Å². The van der Waals surface area contributed by atoms with Crippen LogP contribution in [0.25, 0.3) is 0 Å². The highest BCUT2D eigenvalue weighted by Gasteiger charge is 2.38. The van der Waals surface area contributed by atoms with Crippen molar-refractivity contribution in [2.24, 2.45) is 5.92 Å². The number of thiazole rings is 1. The number of hydrogen-bond acceptors (Lipinski definition) is 4. The van der Waals surface area contributed by atoms with Crippen LogP contribution in [0.5, 0.6) is 0 Å². The van der Waals surface area contributed by atoms with Crippen molar-refractivity contribution in [3.63, 3.8) is 0 Å². The van der Waals surface area contributed by atoms with Crippen LogP contribution < -0.4 is 5.32 Å². The van der Waals surface area contributed by atoms with Crippen molar-refractivity contribution in [1.82, 2.24) is 14.8 Å². The van der Waals surface area contributed by atoms with E-state index in [1.54, 1.807) is 0 Å². The number of likely N-dealkylation sites (tertiary alicyclic amines) is 1. The lowest BCUT2D eigenvalue weighted by Crippen LogP contribution is -2.54. The van der Waals surface area contributed by atoms with Gasteiger partial charge in [-0.15, -0.1) is 0 Å². The predicted octanol–water partition coefficient (Wildman–Crippen LogP) is 5.15. The molecule has 30 heavy (non-hydrogen) atoms. The van der Waals surface area contributed by atoms with Crippen LogP contribution in [-0.4, -0.2) is 58.1 Å². The Hall–Kier alpha value is -1.55. The number of anilines is 1. The standard InChI is InChI=1S/C19H26ClF3N4O2S/c1-12-2-4-13(5-3-12)27(18(29)25-17-24-11-15(20)30-17)14-6-8-26(9-7-14)16(28)10-19(21,22)23/h11-14H,2-10H2,1H3,(H,24,25,29)/t12-,13-. The Labute approximate surface area is 182 Å². The van der Waals surface area contributed by atoms with E-state index in [-0.39, 0.29) is 31.2 Å². The number of carbonyl (C=O) groups excluding carboxylic acids is 2. The Morgan fingerprint density at radius 1 is 1.20 bits per heavy atom. The number of amides is 3. The molecule has 1 N–H and O–H groups in total. The maximum atomic E-state index is 13.1. The lowest BCUT2D eigenvalue weighted by Gasteiger charge is -2.44. The second-order valence-electron chi connectivity index (χ2n) is 8.12. The third-order valence-corrected chi connectivity index (χ3v) is 6.90. The van der Waals surface area contributed by atoms with Crippen LogP contribution >= 0.6 is 22.9 Å². The number of rotatable bonds is 4. The number of hydrogen-bond donors (Lipinski definition) is 1. The molecule has 1 aliphatic heterocycles. The highest BCUT2D eigenvalue weighted by molar-refractivity contribution is 7.19. The number of nitrogens with zero attached hydrogens (tertiary/aromatic N) is 3. The molecule has 168 valence electrons. The average Bonchev–Trinajstić information content (AvgIpc) is 3.07. The molecule has 1 aromatic heterocycles. The Morgan fingerprint density at radius 3 is 2.33 bits per heavy atom. The van der Waals surface area contributed by atoms with Crippen molar-refractivity contribution in [2.75, 3.05) is 18.4 Å². The number of piperidine rings is 1. The van der Waals surface area contributed by atoms with Gasteiger partial charge in [0.25, 0.3) is 0 Å². The highest BCUT2D eigenvalue weighted by Crippen LogP contribution is 2.32. The molecule has 3 rings (SSSR count). The van der Waals surface area contributed by atoms with Gasteiger partial charge in [-0.05, 0) is 44.4 Å². The van der Waals surface area contributed by atoms with Crippen molar-refractivity contribution < 1.29 is 22.8 Å². The molecule has 11 heteroatoms. The maximum absolute atomic E-state index is 13.1. The predicted molar refractivity (Wildman–Crippen MR) is 110 cm³/mol. The number of aromatic nitrogens is 1. The first-order chi connectivity index (χ1) is 14.1. The molecule has 0 unspecified atom stereocenters. The van der Waals surface area contributed by atoms with Crippen LogP contribution in [0.2, 0.25) is 4.34 Å². The quantitative estimate of drug-likeness (QED) is 0.667. The van der Waals surface area contributed by atoms with Gasteiger partial charge >= 0.3 is 12.2 Å².